The Labute approximate surface area is 390 Å². The minimum absolute atomic E-state index is 0.0130. The SMILES string of the molecule is CC[C@H](C)[C@@H]1NC(=O)[C@H](Cc2ccccc2)NC(=O)[C@H](CC(=O)O)NC(=O)[C@@H](NC(=O)[C@@H](NC(=O)[C@H](CO)NC(=O)[C@@H](N)Cc2ccc(O)cc2)[C@@H](C)O)CSC(=O)[C@@H](CCSC)NC1=O. The summed E-state index contributed by atoms with van der Waals surface area (Å²) in [6.45, 7) is 3.64. The number of hydrogen-bond donors (Lipinski definition) is 12. The summed E-state index contributed by atoms with van der Waals surface area (Å²) < 4.78 is 0. The van der Waals surface area contributed by atoms with Crippen LogP contribution < -0.4 is 43.0 Å². The molecule has 1 fully saturated rings. The Morgan fingerprint density at radius 3 is 2.03 bits per heavy atom. The van der Waals surface area contributed by atoms with Gasteiger partial charge in [-0.25, -0.2) is 0 Å². The monoisotopic (exact) mass is 960 g/mol. The number of thioether (sulfide) groups is 2. The predicted molar refractivity (Wildman–Crippen MR) is 244 cm³/mol. The molecule has 1 heterocycles. The molecule has 0 spiro atoms. The van der Waals surface area contributed by atoms with Crippen LogP contribution in [0, 0.1) is 5.92 Å². The number of phenols is 1. The predicted octanol–water partition coefficient (Wildman–Crippen LogP) is -2.18. The van der Waals surface area contributed by atoms with Gasteiger partial charge in [0.2, 0.25) is 46.5 Å². The van der Waals surface area contributed by atoms with Gasteiger partial charge in [0.05, 0.1) is 31.2 Å². The Bertz CT molecular complexity index is 2010. The zero-order valence-corrected chi connectivity index (χ0v) is 38.6. The van der Waals surface area contributed by atoms with E-state index >= 15 is 0 Å². The van der Waals surface area contributed by atoms with Gasteiger partial charge in [-0.15, -0.1) is 0 Å². The largest absolute Gasteiger partial charge is 0.508 e. The van der Waals surface area contributed by atoms with Gasteiger partial charge >= 0.3 is 5.97 Å². The van der Waals surface area contributed by atoms with Crippen molar-refractivity contribution < 1.29 is 63.6 Å². The molecule has 21 nitrogen and oxygen atoms in total. The maximum atomic E-state index is 14.1. The van der Waals surface area contributed by atoms with Gasteiger partial charge in [0.25, 0.3) is 0 Å². The zero-order chi connectivity index (χ0) is 49.1. The standard InChI is InChI=1S/C43H60N8O13S2/c1-5-22(2)34-41(62)45-28(15-16-65-4)43(64)66-21-32(40(61)47-30(19-33(55)56)37(58)46-29(38(59)50-34)18-24-9-7-6-8-10-24)49-42(63)35(23(3)53)51-39(60)31(20-52)48-36(57)27(44)17-25-11-13-26(54)14-12-25/h6-14,22-23,27-32,34-35,52-54H,5,15-21,44H2,1-4H3,(H,45,62)(H,46,58)(H,47,61)(H,48,57)(H,49,63)(H,50,59)(H,51,60)(H,55,56)/t22-,23+,27-,28+,29-,30-,31-,32-,34-,35-/m0/s1. The van der Waals surface area contributed by atoms with Crippen molar-refractivity contribution in [1.29, 1.82) is 0 Å². The number of aliphatic carboxylic acids is 1. The molecule has 1 aliphatic rings. The Kier molecular flexibility index (Phi) is 22.3. The molecule has 2 aromatic carbocycles. The molecule has 0 bridgehead atoms. The summed E-state index contributed by atoms with van der Waals surface area (Å²) in [6, 6.07) is 2.15. The number of amides is 7. The Hall–Kier alpha value is -5.75. The van der Waals surface area contributed by atoms with Crippen molar-refractivity contribution in [3.8, 4) is 5.75 Å². The minimum Gasteiger partial charge on any atom is -0.508 e. The molecule has 0 radical (unpaired) electrons. The molecule has 0 aliphatic carbocycles. The van der Waals surface area contributed by atoms with Crippen molar-refractivity contribution in [2.45, 2.75) is 107 Å². The topological polar surface area (TPSA) is 345 Å². The zero-order valence-electron chi connectivity index (χ0n) is 37.0. The molecule has 362 valence electrons. The first-order valence-corrected chi connectivity index (χ1v) is 23.5. The van der Waals surface area contributed by atoms with E-state index in [-0.39, 0.29) is 25.0 Å². The van der Waals surface area contributed by atoms with Crippen LogP contribution in [0.25, 0.3) is 0 Å². The number of aromatic hydroxyl groups is 1. The first-order chi connectivity index (χ1) is 31.3. The van der Waals surface area contributed by atoms with E-state index in [4.69, 9.17) is 5.73 Å². The van der Waals surface area contributed by atoms with Crippen LogP contribution in [0.3, 0.4) is 0 Å². The Morgan fingerprint density at radius 2 is 1.44 bits per heavy atom. The van der Waals surface area contributed by atoms with Crippen LogP contribution in [0.5, 0.6) is 5.75 Å². The molecule has 0 saturated carbocycles. The van der Waals surface area contributed by atoms with Gasteiger partial charge in [-0.1, -0.05) is 74.5 Å². The third-order valence-corrected chi connectivity index (χ3v) is 12.3. The first-order valence-electron chi connectivity index (χ1n) is 21.1. The van der Waals surface area contributed by atoms with Crippen LogP contribution in [0.2, 0.25) is 0 Å². The minimum atomic E-state index is -1.87. The van der Waals surface area contributed by atoms with Crippen molar-refractivity contribution >= 4 is 76.0 Å². The highest BCUT2D eigenvalue weighted by atomic mass is 32.2. The number of carbonyl (C=O) groups excluding carboxylic acids is 8. The number of rotatable bonds is 19. The van der Waals surface area contributed by atoms with E-state index in [2.05, 4.69) is 37.2 Å². The normalized spacial score (nSPS) is 22.2. The van der Waals surface area contributed by atoms with Crippen molar-refractivity contribution in [1.82, 2.24) is 37.2 Å². The fourth-order valence-electron chi connectivity index (χ4n) is 6.51. The van der Waals surface area contributed by atoms with Gasteiger partial charge in [-0.3, -0.25) is 43.2 Å². The average molecular weight is 961 g/mol. The smallest absolute Gasteiger partial charge is 0.305 e. The van der Waals surface area contributed by atoms with Crippen LogP contribution in [-0.2, 0) is 56.0 Å². The van der Waals surface area contributed by atoms with Crippen molar-refractivity contribution in [3.05, 3.63) is 65.7 Å². The first kappa shape index (κ1) is 54.6. The van der Waals surface area contributed by atoms with E-state index in [9.17, 15) is 63.6 Å². The molecule has 10 atom stereocenters. The summed E-state index contributed by atoms with van der Waals surface area (Å²) in [7, 11) is 0. The van der Waals surface area contributed by atoms with E-state index < -0.39 is 132 Å². The van der Waals surface area contributed by atoms with Gasteiger partial charge in [-0.05, 0) is 61.0 Å². The number of carboxylic acid groups (broad SMARTS) is 1. The van der Waals surface area contributed by atoms with Gasteiger partial charge in [0, 0.05) is 12.2 Å². The number of carbonyl (C=O) groups is 9. The maximum Gasteiger partial charge on any atom is 0.305 e. The van der Waals surface area contributed by atoms with Gasteiger partial charge in [0.15, 0.2) is 0 Å². The Morgan fingerprint density at radius 1 is 0.818 bits per heavy atom. The quantitative estimate of drug-likeness (QED) is 0.0712. The fourth-order valence-corrected chi connectivity index (χ4v) is 7.93. The van der Waals surface area contributed by atoms with Crippen LogP contribution in [0.4, 0.5) is 0 Å². The molecule has 23 heteroatoms. The maximum absolute atomic E-state index is 14.1. The highest BCUT2D eigenvalue weighted by molar-refractivity contribution is 8.13. The van der Waals surface area contributed by atoms with E-state index in [1.807, 2.05) is 0 Å². The summed E-state index contributed by atoms with van der Waals surface area (Å²) in [5, 5.41) is 56.4. The number of carboxylic acids is 1. The number of nitrogens with two attached hydrogens (primary N) is 1. The van der Waals surface area contributed by atoms with Crippen LogP contribution >= 0.6 is 23.5 Å². The molecule has 0 unspecified atom stereocenters. The summed E-state index contributed by atoms with van der Waals surface area (Å²) >= 11 is 1.90. The van der Waals surface area contributed by atoms with Crippen molar-refractivity contribution in [2.75, 3.05) is 24.4 Å². The molecule has 13 N–H and O–H groups in total. The summed E-state index contributed by atoms with van der Waals surface area (Å²) in [6.07, 6.45) is -0.507. The molecular formula is C43H60N8O13S2. The van der Waals surface area contributed by atoms with E-state index in [1.165, 1.54) is 36.0 Å². The molecule has 0 aromatic heterocycles. The molecule has 66 heavy (non-hydrogen) atoms. The highest BCUT2D eigenvalue weighted by Gasteiger charge is 2.38. The van der Waals surface area contributed by atoms with Crippen molar-refractivity contribution in [3.63, 3.8) is 0 Å². The second kappa shape index (κ2) is 27.0. The van der Waals surface area contributed by atoms with Gasteiger partial charge < -0.3 is 63.4 Å². The van der Waals surface area contributed by atoms with Gasteiger partial charge in [0.1, 0.15) is 42.0 Å². The second-order valence-corrected chi connectivity index (χ2v) is 17.8. The lowest BCUT2D eigenvalue weighted by Gasteiger charge is -2.30. The molecule has 2 aromatic rings. The van der Waals surface area contributed by atoms with E-state index in [0.717, 1.165) is 6.92 Å². The number of aliphatic hydroxyl groups excluding tert-OH is 2. The van der Waals surface area contributed by atoms with E-state index in [0.29, 0.717) is 35.1 Å². The lowest BCUT2D eigenvalue weighted by atomic mass is 9.96. The van der Waals surface area contributed by atoms with Gasteiger partial charge in [-0.2, -0.15) is 11.8 Å². The third kappa shape index (κ3) is 17.2. The van der Waals surface area contributed by atoms with Crippen LogP contribution in [-0.4, -0.2) is 152 Å². The molecule has 1 saturated heterocycles. The molecular weight excluding hydrogens is 901 g/mol. The van der Waals surface area contributed by atoms with Crippen LogP contribution in [0.15, 0.2) is 54.6 Å². The highest BCUT2D eigenvalue weighted by Crippen LogP contribution is 2.17. The number of benzene rings is 2. The lowest BCUT2D eigenvalue weighted by Crippen LogP contribution is -2.63. The summed E-state index contributed by atoms with van der Waals surface area (Å²) in [4.78, 5) is 122. The summed E-state index contributed by atoms with van der Waals surface area (Å²) in [5.41, 5.74) is 7.16. The molecule has 3 rings (SSSR count). The summed E-state index contributed by atoms with van der Waals surface area (Å²) in [5.74, 6) is -9.21. The van der Waals surface area contributed by atoms with Crippen LogP contribution in [0.1, 0.15) is 51.2 Å². The number of hydrogen-bond acceptors (Lipinski definition) is 15. The Balaban J connectivity index is 1.97. The second-order valence-electron chi connectivity index (χ2n) is 15.8. The lowest BCUT2D eigenvalue weighted by molar-refractivity contribution is -0.141. The molecule has 1 aliphatic heterocycles. The average Bonchev–Trinajstić information content (AvgIpc) is 3.28. The molecule has 7 amide bonds. The van der Waals surface area contributed by atoms with Crippen molar-refractivity contribution in [2.24, 2.45) is 11.7 Å². The third-order valence-electron chi connectivity index (χ3n) is 10.6. The number of nitrogens with one attached hydrogen (secondary N) is 7. The number of phenolic OH excluding ortho intramolecular Hbond substituents is 1. The van der Waals surface area contributed by atoms with E-state index in [1.54, 1.807) is 50.4 Å². The fraction of sp³-hybridized carbons (Fsp3) is 0.512. The number of aliphatic hydroxyl groups is 2.